The first-order chi connectivity index (χ1) is 8.04. The zero-order chi connectivity index (χ0) is 12.6. The van der Waals surface area contributed by atoms with E-state index < -0.39 is 0 Å². The number of H-pyrrole nitrogens is 1. The van der Waals surface area contributed by atoms with Crippen molar-refractivity contribution in [1.29, 1.82) is 0 Å². The van der Waals surface area contributed by atoms with Crippen LogP contribution in [0, 0.1) is 6.92 Å². The Hall–Kier alpha value is -1.64. The van der Waals surface area contributed by atoms with Crippen molar-refractivity contribution in [3.63, 3.8) is 0 Å². The van der Waals surface area contributed by atoms with Crippen LogP contribution in [0.5, 0.6) is 0 Å². The molecule has 0 radical (unpaired) electrons. The second-order valence-electron chi connectivity index (χ2n) is 4.73. The summed E-state index contributed by atoms with van der Waals surface area (Å²) in [6.07, 6.45) is 2.65. The molecule has 2 aromatic rings. The number of rotatable bonds is 2. The summed E-state index contributed by atoms with van der Waals surface area (Å²) < 4.78 is 0. The van der Waals surface area contributed by atoms with Gasteiger partial charge >= 0.3 is 0 Å². The van der Waals surface area contributed by atoms with Gasteiger partial charge in [0.2, 0.25) is 0 Å². The lowest BCUT2D eigenvalue weighted by atomic mass is 9.99. The SMILES string of the molecule is CCc1cc2ncc(C(C)C)c(C)c2[nH]c1=O. The van der Waals surface area contributed by atoms with Crippen LogP contribution in [0.2, 0.25) is 0 Å². The fourth-order valence-electron chi connectivity index (χ4n) is 2.17. The summed E-state index contributed by atoms with van der Waals surface area (Å²) in [6, 6.07) is 1.89. The Labute approximate surface area is 101 Å². The number of aromatic amines is 1. The third kappa shape index (κ3) is 1.97. The number of fused-ring (bicyclic) bond motifs is 1. The Balaban J connectivity index is 2.79. The highest BCUT2D eigenvalue weighted by Gasteiger charge is 2.10. The monoisotopic (exact) mass is 230 g/mol. The van der Waals surface area contributed by atoms with E-state index >= 15 is 0 Å². The first-order valence-corrected chi connectivity index (χ1v) is 6.06. The number of nitrogens with one attached hydrogen (secondary N) is 1. The molecule has 0 aliphatic rings. The van der Waals surface area contributed by atoms with Crippen molar-refractivity contribution in [1.82, 2.24) is 9.97 Å². The minimum atomic E-state index is 0.00538. The van der Waals surface area contributed by atoms with Gasteiger partial charge in [-0.1, -0.05) is 20.8 Å². The van der Waals surface area contributed by atoms with E-state index in [-0.39, 0.29) is 5.56 Å². The van der Waals surface area contributed by atoms with Crippen molar-refractivity contribution >= 4 is 11.0 Å². The van der Waals surface area contributed by atoms with Gasteiger partial charge in [-0.05, 0) is 36.5 Å². The Morgan fingerprint density at radius 3 is 2.71 bits per heavy atom. The van der Waals surface area contributed by atoms with Crippen molar-refractivity contribution in [2.45, 2.75) is 40.0 Å². The molecule has 0 unspecified atom stereocenters. The molecule has 0 saturated heterocycles. The van der Waals surface area contributed by atoms with Crippen LogP contribution in [-0.2, 0) is 6.42 Å². The van der Waals surface area contributed by atoms with E-state index in [0.29, 0.717) is 5.92 Å². The molecular weight excluding hydrogens is 212 g/mol. The third-order valence-electron chi connectivity index (χ3n) is 3.25. The Morgan fingerprint density at radius 2 is 2.12 bits per heavy atom. The normalized spacial score (nSPS) is 11.4. The largest absolute Gasteiger partial charge is 0.320 e. The average Bonchev–Trinajstić information content (AvgIpc) is 2.29. The smallest absolute Gasteiger partial charge is 0.251 e. The molecule has 0 aliphatic carbocycles. The van der Waals surface area contributed by atoms with Crippen LogP contribution in [0.4, 0.5) is 0 Å². The molecule has 0 aliphatic heterocycles. The van der Waals surface area contributed by atoms with Gasteiger partial charge in [-0.25, -0.2) is 0 Å². The number of nitrogens with zero attached hydrogens (tertiary/aromatic N) is 1. The predicted molar refractivity (Wildman–Crippen MR) is 70.6 cm³/mol. The quantitative estimate of drug-likeness (QED) is 0.862. The Kier molecular flexibility index (Phi) is 3.01. The Morgan fingerprint density at radius 1 is 1.41 bits per heavy atom. The molecule has 17 heavy (non-hydrogen) atoms. The molecule has 1 N–H and O–H groups in total. The maximum Gasteiger partial charge on any atom is 0.251 e. The van der Waals surface area contributed by atoms with Gasteiger partial charge in [-0.2, -0.15) is 0 Å². The van der Waals surface area contributed by atoms with Gasteiger partial charge in [-0.3, -0.25) is 9.78 Å². The molecule has 0 spiro atoms. The standard InChI is InChI=1S/C14H18N2O/c1-5-10-6-12-13(16-14(10)17)9(4)11(7-15-12)8(2)3/h6-8H,5H2,1-4H3,(H,16,17). The summed E-state index contributed by atoms with van der Waals surface area (Å²) in [5, 5.41) is 0. The van der Waals surface area contributed by atoms with Crippen LogP contribution in [0.25, 0.3) is 11.0 Å². The highest BCUT2D eigenvalue weighted by atomic mass is 16.1. The molecule has 3 heteroatoms. The molecule has 2 aromatic heterocycles. The van der Waals surface area contributed by atoms with Crippen LogP contribution in [0.1, 0.15) is 43.4 Å². The van der Waals surface area contributed by atoms with E-state index in [0.717, 1.165) is 28.6 Å². The molecule has 0 aromatic carbocycles. The zero-order valence-corrected chi connectivity index (χ0v) is 10.8. The number of aryl methyl sites for hydroxylation is 2. The third-order valence-corrected chi connectivity index (χ3v) is 3.25. The van der Waals surface area contributed by atoms with Crippen molar-refractivity contribution in [3.8, 4) is 0 Å². The molecule has 0 fully saturated rings. The van der Waals surface area contributed by atoms with E-state index in [9.17, 15) is 4.79 Å². The molecule has 3 nitrogen and oxygen atoms in total. The first kappa shape index (κ1) is 11.8. The first-order valence-electron chi connectivity index (χ1n) is 6.06. The molecule has 0 saturated carbocycles. The van der Waals surface area contributed by atoms with Gasteiger partial charge in [0.15, 0.2) is 0 Å². The van der Waals surface area contributed by atoms with Gasteiger partial charge in [0.1, 0.15) is 0 Å². The minimum absolute atomic E-state index is 0.00538. The molecule has 0 amide bonds. The summed E-state index contributed by atoms with van der Waals surface area (Å²) in [5.41, 5.74) is 4.87. The van der Waals surface area contributed by atoms with Crippen LogP contribution in [0.15, 0.2) is 17.1 Å². The Bertz CT molecular complexity index is 611. The molecule has 90 valence electrons. The van der Waals surface area contributed by atoms with Crippen molar-refractivity contribution in [2.75, 3.05) is 0 Å². The highest BCUT2D eigenvalue weighted by Crippen LogP contribution is 2.23. The maximum atomic E-state index is 11.8. The molecule has 2 rings (SSSR count). The second kappa shape index (κ2) is 4.32. The van der Waals surface area contributed by atoms with Crippen molar-refractivity contribution in [2.24, 2.45) is 0 Å². The highest BCUT2D eigenvalue weighted by molar-refractivity contribution is 5.79. The van der Waals surface area contributed by atoms with Gasteiger partial charge in [-0.15, -0.1) is 0 Å². The zero-order valence-electron chi connectivity index (χ0n) is 10.8. The lowest BCUT2D eigenvalue weighted by molar-refractivity contribution is 0.851. The lowest BCUT2D eigenvalue weighted by Crippen LogP contribution is -2.13. The van der Waals surface area contributed by atoms with Crippen molar-refractivity contribution < 1.29 is 0 Å². The van der Waals surface area contributed by atoms with E-state index in [2.05, 4.69) is 23.8 Å². The summed E-state index contributed by atoms with van der Waals surface area (Å²) in [4.78, 5) is 19.2. The average molecular weight is 230 g/mol. The minimum Gasteiger partial charge on any atom is -0.320 e. The van der Waals surface area contributed by atoms with Gasteiger partial charge in [0, 0.05) is 11.8 Å². The van der Waals surface area contributed by atoms with Crippen molar-refractivity contribution in [3.05, 3.63) is 39.3 Å². The van der Waals surface area contributed by atoms with E-state index in [1.165, 1.54) is 5.56 Å². The number of aromatic nitrogens is 2. The van der Waals surface area contributed by atoms with Gasteiger partial charge < -0.3 is 4.98 Å². The molecule has 2 heterocycles. The number of hydrogen-bond acceptors (Lipinski definition) is 2. The second-order valence-corrected chi connectivity index (χ2v) is 4.73. The van der Waals surface area contributed by atoms with E-state index in [1.807, 2.05) is 26.1 Å². The van der Waals surface area contributed by atoms with Crippen LogP contribution >= 0.6 is 0 Å². The van der Waals surface area contributed by atoms with Crippen LogP contribution in [0.3, 0.4) is 0 Å². The summed E-state index contributed by atoms with van der Waals surface area (Å²) in [5.74, 6) is 0.418. The fraction of sp³-hybridized carbons (Fsp3) is 0.429. The van der Waals surface area contributed by atoms with Crippen LogP contribution < -0.4 is 5.56 Å². The van der Waals surface area contributed by atoms with Gasteiger partial charge in [0.05, 0.1) is 11.0 Å². The maximum absolute atomic E-state index is 11.8. The van der Waals surface area contributed by atoms with E-state index in [1.54, 1.807) is 0 Å². The summed E-state index contributed by atoms with van der Waals surface area (Å²) >= 11 is 0. The van der Waals surface area contributed by atoms with Crippen LogP contribution in [-0.4, -0.2) is 9.97 Å². The van der Waals surface area contributed by atoms with E-state index in [4.69, 9.17) is 0 Å². The topological polar surface area (TPSA) is 45.8 Å². The summed E-state index contributed by atoms with van der Waals surface area (Å²) in [7, 11) is 0. The molecule has 0 atom stereocenters. The molecular formula is C14H18N2O. The lowest BCUT2D eigenvalue weighted by Gasteiger charge is -2.11. The summed E-state index contributed by atoms with van der Waals surface area (Å²) in [6.45, 7) is 8.29. The predicted octanol–water partition coefficient (Wildman–Crippen LogP) is 2.92. The molecule has 0 bridgehead atoms. The number of pyridine rings is 2. The fourth-order valence-corrected chi connectivity index (χ4v) is 2.17. The number of hydrogen-bond donors (Lipinski definition) is 1. The van der Waals surface area contributed by atoms with Gasteiger partial charge in [0.25, 0.3) is 5.56 Å².